The van der Waals surface area contributed by atoms with Gasteiger partial charge in [-0.15, -0.1) is 0 Å². The first kappa shape index (κ1) is 14.2. The van der Waals surface area contributed by atoms with Gasteiger partial charge in [0, 0.05) is 8.04 Å². The molecule has 0 aliphatic rings. The summed E-state index contributed by atoms with van der Waals surface area (Å²) in [6.45, 7) is 0. The smallest absolute Gasteiger partial charge is 0.267 e. The molecule has 0 aliphatic carbocycles. The van der Waals surface area contributed by atoms with Gasteiger partial charge in [0.15, 0.2) is 0 Å². The van der Waals surface area contributed by atoms with Crippen LogP contribution in [0, 0.1) is 3.57 Å². The SMILES string of the molecule is O=C(N/N=C\c1ccc(I)cc1)c1ccccc1Br. The Bertz CT molecular complexity index is 611. The molecule has 0 atom stereocenters. The molecule has 0 spiro atoms. The van der Waals surface area contributed by atoms with Gasteiger partial charge in [0.25, 0.3) is 5.91 Å². The monoisotopic (exact) mass is 428 g/mol. The van der Waals surface area contributed by atoms with Crippen LogP contribution < -0.4 is 5.43 Å². The molecule has 2 aromatic carbocycles. The number of hydrazone groups is 1. The van der Waals surface area contributed by atoms with Crippen LogP contribution in [0.3, 0.4) is 0 Å². The molecular weight excluding hydrogens is 419 g/mol. The van der Waals surface area contributed by atoms with Crippen molar-refractivity contribution >= 4 is 50.6 Å². The van der Waals surface area contributed by atoms with E-state index in [2.05, 4.69) is 49.0 Å². The molecule has 2 aromatic rings. The van der Waals surface area contributed by atoms with Crippen LogP contribution in [0.1, 0.15) is 15.9 Å². The number of amides is 1. The summed E-state index contributed by atoms with van der Waals surface area (Å²) in [5.41, 5.74) is 4.00. The first-order valence-electron chi connectivity index (χ1n) is 5.50. The van der Waals surface area contributed by atoms with Crippen molar-refractivity contribution in [3.63, 3.8) is 0 Å². The van der Waals surface area contributed by atoms with Crippen molar-refractivity contribution in [2.75, 3.05) is 0 Å². The second kappa shape index (κ2) is 6.81. The lowest BCUT2D eigenvalue weighted by Crippen LogP contribution is -2.18. The van der Waals surface area contributed by atoms with E-state index >= 15 is 0 Å². The summed E-state index contributed by atoms with van der Waals surface area (Å²) in [7, 11) is 0. The average molecular weight is 429 g/mol. The molecule has 1 amide bonds. The van der Waals surface area contributed by atoms with E-state index in [1.807, 2.05) is 42.5 Å². The van der Waals surface area contributed by atoms with Crippen LogP contribution in [-0.2, 0) is 0 Å². The van der Waals surface area contributed by atoms with E-state index in [1.54, 1.807) is 12.3 Å². The van der Waals surface area contributed by atoms with Crippen molar-refractivity contribution in [1.29, 1.82) is 0 Å². The van der Waals surface area contributed by atoms with Crippen molar-refractivity contribution < 1.29 is 4.79 Å². The van der Waals surface area contributed by atoms with Crippen molar-refractivity contribution in [3.05, 3.63) is 67.7 Å². The van der Waals surface area contributed by atoms with Gasteiger partial charge < -0.3 is 0 Å². The van der Waals surface area contributed by atoms with Gasteiger partial charge >= 0.3 is 0 Å². The largest absolute Gasteiger partial charge is 0.272 e. The quantitative estimate of drug-likeness (QED) is 0.450. The number of carbonyl (C=O) groups is 1. The molecule has 5 heteroatoms. The summed E-state index contributed by atoms with van der Waals surface area (Å²) in [4.78, 5) is 11.9. The lowest BCUT2D eigenvalue weighted by molar-refractivity contribution is 0.0954. The summed E-state index contributed by atoms with van der Waals surface area (Å²) in [5, 5.41) is 3.94. The van der Waals surface area contributed by atoms with E-state index in [4.69, 9.17) is 0 Å². The van der Waals surface area contributed by atoms with Crippen LogP contribution >= 0.6 is 38.5 Å². The fraction of sp³-hybridized carbons (Fsp3) is 0. The van der Waals surface area contributed by atoms with E-state index in [-0.39, 0.29) is 5.91 Å². The number of nitrogens with zero attached hydrogens (tertiary/aromatic N) is 1. The van der Waals surface area contributed by atoms with Crippen LogP contribution in [0.5, 0.6) is 0 Å². The van der Waals surface area contributed by atoms with Crippen molar-refractivity contribution in [2.24, 2.45) is 5.10 Å². The predicted octanol–water partition coefficient (Wildman–Crippen LogP) is 3.82. The number of rotatable bonds is 3. The Labute approximate surface area is 133 Å². The first-order valence-corrected chi connectivity index (χ1v) is 7.37. The molecule has 0 bridgehead atoms. The molecule has 1 N–H and O–H groups in total. The van der Waals surface area contributed by atoms with Crippen LogP contribution in [0.2, 0.25) is 0 Å². The highest BCUT2D eigenvalue weighted by atomic mass is 127. The third-order valence-electron chi connectivity index (χ3n) is 2.37. The molecule has 19 heavy (non-hydrogen) atoms. The van der Waals surface area contributed by atoms with E-state index in [9.17, 15) is 4.79 Å². The Morgan fingerprint density at radius 1 is 1.16 bits per heavy atom. The van der Waals surface area contributed by atoms with Gasteiger partial charge in [-0.05, 0) is 68.3 Å². The van der Waals surface area contributed by atoms with Crippen LogP contribution in [0.15, 0.2) is 58.1 Å². The number of hydrogen-bond acceptors (Lipinski definition) is 2. The van der Waals surface area contributed by atoms with Crippen LogP contribution in [0.25, 0.3) is 0 Å². The Balaban J connectivity index is 2.01. The molecule has 3 nitrogen and oxygen atoms in total. The Kier molecular flexibility index (Phi) is 5.09. The highest BCUT2D eigenvalue weighted by molar-refractivity contribution is 14.1. The summed E-state index contributed by atoms with van der Waals surface area (Å²) in [6.07, 6.45) is 1.62. The highest BCUT2D eigenvalue weighted by Gasteiger charge is 2.07. The molecule has 0 fully saturated rings. The minimum absolute atomic E-state index is 0.241. The van der Waals surface area contributed by atoms with E-state index in [1.165, 1.54) is 0 Å². The third kappa shape index (κ3) is 4.14. The number of carbonyl (C=O) groups excluding carboxylic acids is 1. The van der Waals surface area contributed by atoms with Crippen LogP contribution in [0.4, 0.5) is 0 Å². The maximum atomic E-state index is 11.9. The second-order valence-electron chi connectivity index (χ2n) is 3.73. The lowest BCUT2D eigenvalue weighted by atomic mass is 10.2. The summed E-state index contributed by atoms with van der Waals surface area (Å²) < 4.78 is 1.91. The molecule has 0 radical (unpaired) electrons. The molecular formula is C14H10BrIN2O. The summed E-state index contributed by atoms with van der Waals surface area (Å²) >= 11 is 5.56. The molecule has 0 saturated carbocycles. The number of halogens is 2. The van der Waals surface area contributed by atoms with Crippen molar-refractivity contribution in [3.8, 4) is 0 Å². The van der Waals surface area contributed by atoms with E-state index in [0.29, 0.717) is 5.56 Å². The predicted molar refractivity (Wildman–Crippen MR) is 88.4 cm³/mol. The zero-order valence-corrected chi connectivity index (χ0v) is 13.6. The molecule has 2 rings (SSSR count). The Morgan fingerprint density at radius 2 is 1.84 bits per heavy atom. The van der Waals surface area contributed by atoms with E-state index in [0.717, 1.165) is 13.6 Å². The second-order valence-corrected chi connectivity index (χ2v) is 5.83. The maximum Gasteiger partial charge on any atom is 0.272 e. The Hall–Kier alpha value is -1.21. The van der Waals surface area contributed by atoms with Crippen LogP contribution in [-0.4, -0.2) is 12.1 Å². The summed E-state index contributed by atoms with van der Waals surface area (Å²) in [5.74, 6) is -0.241. The molecule has 0 heterocycles. The standard InChI is InChI=1S/C14H10BrIN2O/c15-13-4-2-1-3-12(13)14(19)18-17-9-10-5-7-11(16)8-6-10/h1-9H,(H,18,19)/b17-9-. The molecule has 0 saturated heterocycles. The number of hydrogen-bond donors (Lipinski definition) is 1. The van der Waals surface area contributed by atoms with Gasteiger partial charge in [-0.1, -0.05) is 24.3 Å². The lowest BCUT2D eigenvalue weighted by Gasteiger charge is -2.01. The molecule has 0 aromatic heterocycles. The third-order valence-corrected chi connectivity index (χ3v) is 3.78. The minimum atomic E-state index is -0.241. The molecule has 0 aliphatic heterocycles. The van der Waals surface area contributed by atoms with Crippen molar-refractivity contribution in [1.82, 2.24) is 5.43 Å². The van der Waals surface area contributed by atoms with E-state index < -0.39 is 0 Å². The topological polar surface area (TPSA) is 41.5 Å². The molecule has 96 valence electrons. The fourth-order valence-corrected chi connectivity index (χ4v) is 2.24. The maximum absolute atomic E-state index is 11.9. The fourth-order valence-electron chi connectivity index (χ4n) is 1.42. The molecule has 0 unspecified atom stereocenters. The zero-order valence-electron chi connectivity index (χ0n) is 9.81. The first-order chi connectivity index (χ1) is 9.16. The van der Waals surface area contributed by atoms with Gasteiger partial charge in [0.1, 0.15) is 0 Å². The normalized spacial score (nSPS) is 10.6. The van der Waals surface area contributed by atoms with Gasteiger partial charge in [-0.3, -0.25) is 4.79 Å². The number of nitrogens with one attached hydrogen (secondary N) is 1. The van der Waals surface area contributed by atoms with Gasteiger partial charge in [0.2, 0.25) is 0 Å². The van der Waals surface area contributed by atoms with Gasteiger partial charge in [-0.2, -0.15) is 5.10 Å². The zero-order chi connectivity index (χ0) is 13.7. The highest BCUT2D eigenvalue weighted by Crippen LogP contribution is 2.15. The Morgan fingerprint density at radius 3 is 2.53 bits per heavy atom. The van der Waals surface area contributed by atoms with Gasteiger partial charge in [0.05, 0.1) is 11.8 Å². The number of benzene rings is 2. The summed E-state index contributed by atoms with van der Waals surface area (Å²) in [6, 6.07) is 15.1. The minimum Gasteiger partial charge on any atom is -0.267 e. The van der Waals surface area contributed by atoms with Gasteiger partial charge in [-0.25, -0.2) is 5.43 Å². The van der Waals surface area contributed by atoms with Crippen molar-refractivity contribution in [2.45, 2.75) is 0 Å². The average Bonchev–Trinajstić information content (AvgIpc) is 2.41.